The quantitative estimate of drug-likeness (QED) is 0.553. The third-order valence-electron chi connectivity index (χ3n) is 4.00. The highest BCUT2D eigenvalue weighted by Gasteiger charge is 2.07. The standard InChI is InChI=1S/C20H22N2OS2/c1-14-7-5-8-15(2)20(14)22-18(23)11-6-12-24-13-19-21-16-9-3-4-10-17(16)25-19/h3-5,7-10H,6,11-13H2,1-2H3,(H,22,23). The molecule has 130 valence electrons. The number of nitrogens with zero attached hydrogens (tertiary/aromatic N) is 1. The smallest absolute Gasteiger partial charge is 0.224 e. The molecule has 0 atom stereocenters. The molecule has 1 amide bonds. The number of thiazole rings is 1. The molecule has 0 aliphatic rings. The van der Waals surface area contributed by atoms with E-state index < -0.39 is 0 Å². The van der Waals surface area contributed by atoms with Crippen molar-refractivity contribution in [3.05, 3.63) is 58.6 Å². The van der Waals surface area contributed by atoms with Gasteiger partial charge in [0.25, 0.3) is 0 Å². The van der Waals surface area contributed by atoms with Crippen LogP contribution in [0.5, 0.6) is 0 Å². The Labute approximate surface area is 156 Å². The Kier molecular flexibility index (Phi) is 6.10. The van der Waals surface area contributed by atoms with Gasteiger partial charge < -0.3 is 5.32 Å². The molecule has 5 heteroatoms. The molecule has 0 fully saturated rings. The summed E-state index contributed by atoms with van der Waals surface area (Å²) in [4.78, 5) is 16.8. The lowest BCUT2D eigenvalue weighted by Crippen LogP contribution is -2.13. The second-order valence-corrected chi connectivity index (χ2v) is 8.27. The number of aryl methyl sites for hydroxylation is 2. The minimum absolute atomic E-state index is 0.0954. The van der Waals surface area contributed by atoms with E-state index in [0.717, 1.165) is 45.3 Å². The monoisotopic (exact) mass is 370 g/mol. The summed E-state index contributed by atoms with van der Waals surface area (Å²) in [6.07, 6.45) is 1.44. The Morgan fingerprint density at radius 3 is 2.64 bits per heavy atom. The summed E-state index contributed by atoms with van der Waals surface area (Å²) < 4.78 is 1.24. The fourth-order valence-electron chi connectivity index (χ4n) is 2.69. The number of para-hydroxylation sites is 2. The lowest BCUT2D eigenvalue weighted by molar-refractivity contribution is -0.116. The van der Waals surface area contributed by atoms with E-state index in [2.05, 4.69) is 22.4 Å². The van der Waals surface area contributed by atoms with Crippen molar-refractivity contribution in [2.75, 3.05) is 11.1 Å². The zero-order valence-corrected chi connectivity index (χ0v) is 16.2. The van der Waals surface area contributed by atoms with E-state index in [4.69, 9.17) is 0 Å². The van der Waals surface area contributed by atoms with Crippen molar-refractivity contribution in [2.24, 2.45) is 0 Å². The van der Waals surface area contributed by atoms with Crippen molar-refractivity contribution in [1.29, 1.82) is 0 Å². The van der Waals surface area contributed by atoms with Gasteiger partial charge in [-0.1, -0.05) is 30.3 Å². The zero-order valence-electron chi connectivity index (χ0n) is 14.5. The normalized spacial score (nSPS) is 11.0. The van der Waals surface area contributed by atoms with Crippen LogP contribution in [0.25, 0.3) is 10.2 Å². The SMILES string of the molecule is Cc1cccc(C)c1NC(=O)CCCSCc1nc2ccccc2s1. The van der Waals surface area contributed by atoms with Crippen molar-refractivity contribution in [3.8, 4) is 0 Å². The topological polar surface area (TPSA) is 42.0 Å². The molecule has 2 aromatic carbocycles. The highest BCUT2D eigenvalue weighted by atomic mass is 32.2. The molecule has 0 aliphatic heterocycles. The van der Waals surface area contributed by atoms with Gasteiger partial charge in [0.05, 0.1) is 10.2 Å². The molecule has 0 aliphatic carbocycles. The van der Waals surface area contributed by atoms with Crippen LogP contribution in [0, 0.1) is 13.8 Å². The van der Waals surface area contributed by atoms with Gasteiger partial charge in [-0.05, 0) is 49.3 Å². The van der Waals surface area contributed by atoms with E-state index in [9.17, 15) is 4.79 Å². The summed E-state index contributed by atoms with van der Waals surface area (Å²) in [7, 11) is 0. The van der Waals surface area contributed by atoms with Gasteiger partial charge >= 0.3 is 0 Å². The number of fused-ring (bicyclic) bond motifs is 1. The molecule has 3 aromatic rings. The minimum atomic E-state index is 0.0954. The van der Waals surface area contributed by atoms with Crippen LogP contribution in [0.4, 0.5) is 5.69 Å². The van der Waals surface area contributed by atoms with Crippen molar-refractivity contribution in [3.63, 3.8) is 0 Å². The van der Waals surface area contributed by atoms with Crippen LogP contribution in [-0.2, 0) is 10.5 Å². The summed E-state index contributed by atoms with van der Waals surface area (Å²) in [6.45, 7) is 4.05. The van der Waals surface area contributed by atoms with Gasteiger partial charge in [0.2, 0.25) is 5.91 Å². The lowest BCUT2D eigenvalue weighted by Gasteiger charge is -2.11. The molecule has 0 saturated carbocycles. The number of thioether (sulfide) groups is 1. The van der Waals surface area contributed by atoms with Crippen molar-refractivity contribution in [1.82, 2.24) is 4.98 Å². The number of amides is 1. The third kappa shape index (κ3) is 4.83. The van der Waals surface area contributed by atoms with Gasteiger partial charge in [-0.2, -0.15) is 11.8 Å². The van der Waals surface area contributed by atoms with E-state index in [-0.39, 0.29) is 5.91 Å². The van der Waals surface area contributed by atoms with E-state index in [1.807, 2.05) is 55.9 Å². The molecule has 0 bridgehead atoms. The number of carbonyl (C=O) groups excluding carboxylic acids is 1. The molecular formula is C20H22N2OS2. The zero-order chi connectivity index (χ0) is 17.6. The van der Waals surface area contributed by atoms with Crippen LogP contribution in [0.2, 0.25) is 0 Å². The number of aromatic nitrogens is 1. The number of hydrogen-bond donors (Lipinski definition) is 1. The molecule has 3 rings (SSSR count). The summed E-state index contributed by atoms with van der Waals surface area (Å²) in [5, 5.41) is 4.20. The molecule has 0 radical (unpaired) electrons. The van der Waals surface area contributed by atoms with Gasteiger partial charge in [-0.3, -0.25) is 4.79 Å². The number of rotatable bonds is 7. The minimum Gasteiger partial charge on any atom is -0.326 e. The summed E-state index contributed by atoms with van der Waals surface area (Å²) in [5.41, 5.74) is 4.25. The number of nitrogens with one attached hydrogen (secondary N) is 1. The Balaban J connectivity index is 1.40. The van der Waals surface area contributed by atoms with Crippen LogP contribution < -0.4 is 5.32 Å². The highest BCUT2D eigenvalue weighted by molar-refractivity contribution is 7.98. The summed E-state index contributed by atoms with van der Waals surface area (Å²) >= 11 is 3.60. The van der Waals surface area contributed by atoms with E-state index >= 15 is 0 Å². The maximum Gasteiger partial charge on any atom is 0.224 e. The highest BCUT2D eigenvalue weighted by Crippen LogP contribution is 2.25. The maximum absolute atomic E-state index is 12.1. The number of anilines is 1. The average molecular weight is 371 g/mol. The second-order valence-electron chi connectivity index (χ2n) is 6.05. The van der Waals surface area contributed by atoms with Gasteiger partial charge in [-0.15, -0.1) is 11.3 Å². The molecule has 0 saturated heterocycles. The molecule has 3 nitrogen and oxygen atoms in total. The molecule has 1 heterocycles. The molecule has 0 unspecified atom stereocenters. The average Bonchev–Trinajstić information content (AvgIpc) is 3.01. The first-order chi connectivity index (χ1) is 12.1. The van der Waals surface area contributed by atoms with E-state index in [0.29, 0.717) is 6.42 Å². The molecule has 1 N–H and O–H groups in total. The van der Waals surface area contributed by atoms with Crippen LogP contribution >= 0.6 is 23.1 Å². The first-order valence-electron chi connectivity index (χ1n) is 8.42. The van der Waals surface area contributed by atoms with Crippen LogP contribution in [0.1, 0.15) is 29.0 Å². The van der Waals surface area contributed by atoms with E-state index in [1.165, 1.54) is 4.70 Å². The molecule has 25 heavy (non-hydrogen) atoms. The summed E-state index contributed by atoms with van der Waals surface area (Å²) in [6, 6.07) is 14.3. The molecule has 0 spiro atoms. The number of hydrogen-bond acceptors (Lipinski definition) is 4. The lowest BCUT2D eigenvalue weighted by atomic mass is 10.1. The number of benzene rings is 2. The van der Waals surface area contributed by atoms with Crippen LogP contribution in [0.15, 0.2) is 42.5 Å². The largest absolute Gasteiger partial charge is 0.326 e. The number of carbonyl (C=O) groups is 1. The van der Waals surface area contributed by atoms with Crippen molar-refractivity contribution >= 4 is 44.9 Å². The van der Waals surface area contributed by atoms with Crippen LogP contribution in [0.3, 0.4) is 0 Å². The fourth-order valence-corrected chi connectivity index (χ4v) is 4.67. The fraction of sp³-hybridized carbons (Fsp3) is 0.300. The van der Waals surface area contributed by atoms with Crippen molar-refractivity contribution in [2.45, 2.75) is 32.4 Å². The Bertz CT molecular complexity index is 820. The predicted octanol–water partition coefficient (Wildman–Crippen LogP) is 5.57. The van der Waals surface area contributed by atoms with Crippen molar-refractivity contribution < 1.29 is 4.79 Å². The Morgan fingerprint density at radius 2 is 1.88 bits per heavy atom. The van der Waals surface area contributed by atoms with Gasteiger partial charge in [-0.25, -0.2) is 4.98 Å². The first-order valence-corrected chi connectivity index (χ1v) is 10.4. The molecule has 1 aromatic heterocycles. The molecular weight excluding hydrogens is 348 g/mol. The van der Waals surface area contributed by atoms with E-state index in [1.54, 1.807) is 11.3 Å². The van der Waals surface area contributed by atoms with Crippen LogP contribution in [-0.4, -0.2) is 16.6 Å². The van der Waals surface area contributed by atoms with Gasteiger partial charge in [0, 0.05) is 17.9 Å². The van der Waals surface area contributed by atoms with Gasteiger partial charge in [0.1, 0.15) is 5.01 Å². The maximum atomic E-state index is 12.1. The second kappa shape index (κ2) is 8.50. The Morgan fingerprint density at radius 1 is 1.12 bits per heavy atom. The Hall–Kier alpha value is -1.85. The first kappa shape index (κ1) is 18.0. The third-order valence-corrected chi connectivity index (χ3v) is 6.28. The summed E-state index contributed by atoms with van der Waals surface area (Å²) in [5.74, 6) is 1.98. The van der Waals surface area contributed by atoms with Gasteiger partial charge in [0.15, 0.2) is 0 Å². The predicted molar refractivity (Wildman–Crippen MR) is 110 cm³/mol.